The van der Waals surface area contributed by atoms with E-state index >= 15 is 0 Å². The van der Waals surface area contributed by atoms with Crippen molar-refractivity contribution in [2.24, 2.45) is 0 Å². The van der Waals surface area contributed by atoms with Gasteiger partial charge in [-0.2, -0.15) is 0 Å². The zero-order valence-corrected chi connectivity index (χ0v) is 22.1. The van der Waals surface area contributed by atoms with E-state index in [1.807, 2.05) is 29.5 Å². The lowest BCUT2D eigenvalue weighted by atomic mass is 10.0. The maximum absolute atomic E-state index is 3.46. The molecule has 0 aliphatic carbocycles. The van der Waals surface area contributed by atoms with E-state index in [1.54, 1.807) is 0 Å². The highest BCUT2D eigenvalue weighted by Gasteiger charge is 2.17. The Hall–Kier alpha value is -4.86. The molecule has 0 saturated carbocycles. The minimum atomic E-state index is 1.08. The van der Waals surface area contributed by atoms with Gasteiger partial charge in [-0.25, -0.2) is 0 Å². The molecule has 0 fully saturated rings. The fourth-order valence-corrected chi connectivity index (χ4v) is 6.36. The van der Waals surface area contributed by atoms with Crippen LogP contribution in [0, 0.1) is 0 Å². The van der Waals surface area contributed by atoms with E-state index in [0.29, 0.717) is 0 Å². The Balaban J connectivity index is 1.25. The summed E-state index contributed by atoms with van der Waals surface area (Å²) >= 11 is 1.86. The van der Waals surface area contributed by atoms with Crippen LogP contribution in [0.1, 0.15) is 0 Å². The zero-order chi connectivity index (χ0) is 26.0. The van der Waals surface area contributed by atoms with Crippen molar-refractivity contribution in [2.75, 3.05) is 10.2 Å². The van der Waals surface area contributed by atoms with Gasteiger partial charge in [-0.3, -0.25) is 0 Å². The fourth-order valence-electron chi connectivity index (χ4n) is 5.15. The Labute approximate surface area is 232 Å². The number of fused-ring (bicyclic) bond motifs is 3. The Morgan fingerprint density at radius 1 is 0.436 bits per heavy atom. The number of anilines is 5. The van der Waals surface area contributed by atoms with Gasteiger partial charge in [0.05, 0.1) is 10.4 Å². The molecule has 0 aliphatic heterocycles. The van der Waals surface area contributed by atoms with Crippen LogP contribution in [-0.2, 0) is 0 Å². The second-order valence-electron chi connectivity index (χ2n) is 9.54. The number of nitrogens with one attached hydrogen (secondary N) is 1. The molecule has 2 nitrogen and oxygen atoms in total. The third-order valence-corrected chi connectivity index (χ3v) is 8.25. The zero-order valence-electron chi connectivity index (χ0n) is 21.3. The van der Waals surface area contributed by atoms with Crippen molar-refractivity contribution < 1.29 is 0 Å². The predicted molar refractivity (Wildman–Crippen MR) is 169 cm³/mol. The highest BCUT2D eigenvalue weighted by Crippen LogP contribution is 2.44. The van der Waals surface area contributed by atoms with Crippen molar-refractivity contribution in [3.05, 3.63) is 152 Å². The summed E-state index contributed by atoms with van der Waals surface area (Å²) < 4.78 is 2.61. The molecule has 186 valence electrons. The summed E-state index contributed by atoms with van der Waals surface area (Å²) in [5.41, 5.74) is 8.03. The van der Waals surface area contributed by atoms with Crippen molar-refractivity contribution in [1.82, 2.24) is 0 Å². The fraction of sp³-hybridized carbons (Fsp3) is 0. The van der Waals surface area contributed by atoms with E-state index in [4.69, 9.17) is 0 Å². The van der Waals surface area contributed by atoms with E-state index < -0.39 is 0 Å². The molecule has 0 aliphatic rings. The predicted octanol–water partition coefficient (Wildman–Crippen LogP) is 10.9. The summed E-state index contributed by atoms with van der Waals surface area (Å²) in [6, 6.07) is 53.7. The van der Waals surface area contributed by atoms with Gasteiger partial charge in [-0.1, -0.05) is 91.0 Å². The minimum absolute atomic E-state index is 1.08. The number of para-hydroxylation sites is 2. The van der Waals surface area contributed by atoms with Gasteiger partial charge in [-0.15, -0.1) is 11.3 Å². The standard InChI is InChI=1S/C36H26N2S/c1-3-10-28(11-4-1)37-29-22-18-26(19-23-29)27-20-24-31(25-21-27)38(30-12-5-2-6-13-30)34-16-9-15-33-32-14-7-8-17-35(32)39-36(33)34/h1-25,37H. The molecule has 7 aromatic rings. The largest absolute Gasteiger partial charge is 0.356 e. The van der Waals surface area contributed by atoms with E-state index in [9.17, 15) is 0 Å². The molecule has 1 aromatic heterocycles. The van der Waals surface area contributed by atoms with Crippen molar-refractivity contribution in [3.63, 3.8) is 0 Å². The molecule has 6 aromatic carbocycles. The Kier molecular flexibility index (Phi) is 6.04. The first kappa shape index (κ1) is 23.3. The number of rotatable bonds is 6. The summed E-state index contributed by atoms with van der Waals surface area (Å²) in [5, 5.41) is 6.08. The number of hydrogen-bond acceptors (Lipinski definition) is 3. The van der Waals surface area contributed by atoms with Gasteiger partial charge >= 0.3 is 0 Å². The van der Waals surface area contributed by atoms with Crippen molar-refractivity contribution in [2.45, 2.75) is 0 Å². The Bertz CT molecular complexity index is 1860. The molecule has 0 atom stereocenters. The molecule has 0 saturated heterocycles. The van der Waals surface area contributed by atoms with Crippen molar-refractivity contribution >= 4 is 59.9 Å². The minimum Gasteiger partial charge on any atom is -0.356 e. The van der Waals surface area contributed by atoms with E-state index in [2.05, 4.69) is 144 Å². The first-order valence-electron chi connectivity index (χ1n) is 13.1. The summed E-state index contributed by atoms with van der Waals surface area (Å²) in [6.45, 7) is 0. The highest BCUT2D eigenvalue weighted by molar-refractivity contribution is 7.26. The van der Waals surface area contributed by atoms with Crippen LogP contribution in [0.5, 0.6) is 0 Å². The topological polar surface area (TPSA) is 15.3 Å². The smallest absolute Gasteiger partial charge is 0.0640 e. The molecular weight excluding hydrogens is 492 g/mol. The maximum Gasteiger partial charge on any atom is 0.0640 e. The maximum atomic E-state index is 3.46. The number of benzene rings is 6. The Morgan fingerprint density at radius 3 is 1.74 bits per heavy atom. The van der Waals surface area contributed by atoms with Gasteiger partial charge < -0.3 is 10.2 Å². The second-order valence-corrected chi connectivity index (χ2v) is 10.6. The molecule has 0 unspecified atom stereocenters. The molecule has 1 N–H and O–H groups in total. The van der Waals surface area contributed by atoms with Crippen LogP contribution in [0.15, 0.2) is 152 Å². The first-order valence-corrected chi connectivity index (χ1v) is 13.9. The van der Waals surface area contributed by atoms with Gasteiger partial charge in [0.15, 0.2) is 0 Å². The van der Waals surface area contributed by atoms with Crippen LogP contribution in [0.4, 0.5) is 28.4 Å². The average Bonchev–Trinajstić information content (AvgIpc) is 3.39. The van der Waals surface area contributed by atoms with Gasteiger partial charge in [0.25, 0.3) is 0 Å². The molecule has 39 heavy (non-hydrogen) atoms. The van der Waals surface area contributed by atoms with Gasteiger partial charge in [0.1, 0.15) is 0 Å². The number of nitrogens with zero attached hydrogens (tertiary/aromatic N) is 1. The van der Waals surface area contributed by atoms with Crippen LogP contribution >= 0.6 is 11.3 Å². The van der Waals surface area contributed by atoms with E-state index in [-0.39, 0.29) is 0 Å². The molecule has 0 radical (unpaired) electrons. The molecule has 7 rings (SSSR count). The molecule has 1 heterocycles. The Morgan fingerprint density at radius 2 is 1.00 bits per heavy atom. The van der Waals surface area contributed by atoms with Crippen LogP contribution in [0.2, 0.25) is 0 Å². The van der Waals surface area contributed by atoms with E-state index in [0.717, 1.165) is 22.7 Å². The quantitative estimate of drug-likeness (QED) is 0.235. The SMILES string of the molecule is c1ccc(Nc2ccc(-c3ccc(N(c4ccccc4)c4cccc5c4sc4ccccc45)cc3)cc2)cc1. The molecule has 0 amide bonds. The van der Waals surface area contributed by atoms with Crippen molar-refractivity contribution in [1.29, 1.82) is 0 Å². The second kappa shape index (κ2) is 10.1. The average molecular weight is 519 g/mol. The lowest BCUT2D eigenvalue weighted by Crippen LogP contribution is -2.09. The lowest BCUT2D eigenvalue weighted by molar-refractivity contribution is 1.30. The lowest BCUT2D eigenvalue weighted by Gasteiger charge is -2.26. The highest BCUT2D eigenvalue weighted by atomic mass is 32.1. The molecule has 0 spiro atoms. The number of thiophene rings is 1. The third kappa shape index (κ3) is 4.54. The molecule has 0 bridgehead atoms. The number of hydrogen-bond donors (Lipinski definition) is 1. The summed E-state index contributed by atoms with van der Waals surface area (Å²) in [4.78, 5) is 2.37. The van der Waals surface area contributed by atoms with Crippen molar-refractivity contribution in [3.8, 4) is 11.1 Å². The normalized spacial score (nSPS) is 11.1. The van der Waals surface area contributed by atoms with Crippen LogP contribution in [-0.4, -0.2) is 0 Å². The summed E-state index contributed by atoms with van der Waals surface area (Å²) in [7, 11) is 0. The monoisotopic (exact) mass is 518 g/mol. The molecule has 3 heteroatoms. The van der Waals surface area contributed by atoms with Gasteiger partial charge in [0, 0.05) is 38.2 Å². The first-order chi connectivity index (χ1) is 19.3. The van der Waals surface area contributed by atoms with Gasteiger partial charge in [-0.05, 0) is 71.8 Å². The van der Waals surface area contributed by atoms with E-state index in [1.165, 1.54) is 37.0 Å². The van der Waals surface area contributed by atoms with Gasteiger partial charge in [0.2, 0.25) is 0 Å². The molecular formula is C36H26N2S. The summed E-state index contributed by atoms with van der Waals surface area (Å²) in [6.07, 6.45) is 0. The summed E-state index contributed by atoms with van der Waals surface area (Å²) in [5.74, 6) is 0. The third-order valence-electron chi connectivity index (χ3n) is 7.04. The van der Waals surface area contributed by atoms with Crippen LogP contribution in [0.25, 0.3) is 31.3 Å². The van der Waals surface area contributed by atoms with Crippen LogP contribution in [0.3, 0.4) is 0 Å². The van der Waals surface area contributed by atoms with Crippen LogP contribution < -0.4 is 10.2 Å².